The van der Waals surface area contributed by atoms with Gasteiger partial charge in [-0.3, -0.25) is 14.7 Å². The highest BCUT2D eigenvalue weighted by molar-refractivity contribution is 7.18. The molecule has 2 aromatic heterocycles. The molecule has 0 bridgehead atoms. The molecular weight excluding hydrogens is 308 g/mol. The number of carbonyl (C=O) groups excluding carboxylic acids is 1. The number of aromatic nitrogens is 3. The van der Waals surface area contributed by atoms with E-state index in [1.807, 2.05) is 50.2 Å². The summed E-state index contributed by atoms with van der Waals surface area (Å²) in [5, 5.41) is 9.70. The molecule has 0 aliphatic carbocycles. The Morgan fingerprint density at radius 1 is 1.17 bits per heavy atom. The number of carbonyl (C=O) groups is 1. The van der Waals surface area contributed by atoms with Crippen molar-refractivity contribution in [2.45, 2.75) is 13.8 Å². The summed E-state index contributed by atoms with van der Waals surface area (Å²) in [6, 6.07) is 11.3. The van der Waals surface area contributed by atoms with Crippen LogP contribution in [0.2, 0.25) is 0 Å². The molecule has 23 heavy (non-hydrogen) atoms. The molecule has 6 heteroatoms. The number of hydrogen-bond acceptors (Lipinski definition) is 5. The Morgan fingerprint density at radius 2 is 1.96 bits per heavy atom. The summed E-state index contributed by atoms with van der Waals surface area (Å²) in [6.07, 6.45) is 3.45. The molecule has 0 saturated carbocycles. The van der Waals surface area contributed by atoms with Crippen LogP contribution in [0.3, 0.4) is 0 Å². The number of amides is 1. The molecule has 0 aliphatic rings. The van der Waals surface area contributed by atoms with Gasteiger partial charge in [-0.2, -0.15) is 0 Å². The van der Waals surface area contributed by atoms with Gasteiger partial charge < -0.3 is 0 Å². The molecule has 3 aromatic rings. The van der Waals surface area contributed by atoms with Crippen LogP contribution in [-0.4, -0.2) is 27.6 Å². The van der Waals surface area contributed by atoms with Gasteiger partial charge >= 0.3 is 0 Å². The van der Waals surface area contributed by atoms with Crippen molar-refractivity contribution in [3.8, 4) is 10.6 Å². The number of nitrogens with zero attached hydrogens (tertiary/aromatic N) is 4. The van der Waals surface area contributed by atoms with E-state index in [2.05, 4.69) is 15.2 Å². The van der Waals surface area contributed by atoms with E-state index in [1.54, 1.807) is 17.3 Å². The molecule has 5 nitrogen and oxygen atoms in total. The number of anilines is 1. The largest absolute Gasteiger partial charge is 0.283 e. The quantitative estimate of drug-likeness (QED) is 0.736. The number of pyridine rings is 1. The minimum absolute atomic E-state index is 0.0682. The Hall–Kier alpha value is -2.60. The predicted molar refractivity (Wildman–Crippen MR) is 91.7 cm³/mol. The van der Waals surface area contributed by atoms with E-state index in [0.717, 1.165) is 16.1 Å². The van der Waals surface area contributed by atoms with E-state index in [0.29, 0.717) is 17.2 Å². The number of benzene rings is 1. The summed E-state index contributed by atoms with van der Waals surface area (Å²) in [5.74, 6) is -0.0682. The molecule has 1 amide bonds. The molecular formula is C17H16N4OS. The summed E-state index contributed by atoms with van der Waals surface area (Å²) in [5.41, 5.74) is 2.67. The molecule has 0 unspecified atom stereocenters. The van der Waals surface area contributed by atoms with Gasteiger partial charge in [0.2, 0.25) is 5.13 Å². The highest BCUT2D eigenvalue weighted by atomic mass is 32.1. The number of rotatable bonds is 4. The molecule has 3 rings (SSSR count). The van der Waals surface area contributed by atoms with Crippen molar-refractivity contribution >= 4 is 22.4 Å². The lowest BCUT2D eigenvalue weighted by Gasteiger charge is -2.17. The van der Waals surface area contributed by atoms with E-state index in [9.17, 15) is 4.79 Å². The van der Waals surface area contributed by atoms with Crippen molar-refractivity contribution in [3.05, 3.63) is 59.9 Å². The van der Waals surface area contributed by atoms with Gasteiger partial charge in [-0.05, 0) is 38.1 Å². The molecule has 2 heterocycles. The van der Waals surface area contributed by atoms with Crippen molar-refractivity contribution in [1.29, 1.82) is 0 Å². The summed E-state index contributed by atoms with van der Waals surface area (Å²) in [7, 11) is 0. The molecule has 0 aliphatic heterocycles. The summed E-state index contributed by atoms with van der Waals surface area (Å²) < 4.78 is 0. The Balaban J connectivity index is 1.88. The normalized spacial score (nSPS) is 10.5. The highest BCUT2D eigenvalue weighted by Gasteiger charge is 2.20. The molecule has 0 atom stereocenters. The van der Waals surface area contributed by atoms with Crippen LogP contribution in [0.5, 0.6) is 0 Å². The van der Waals surface area contributed by atoms with Gasteiger partial charge in [0, 0.05) is 30.1 Å². The van der Waals surface area contributed by atoms with Crippen molar-refractivity contribution in [3.63, 3.8) is 0 Å². The van der Waals surface area contributed by atoms with Gasteiger partial charge in [-0.15, -0.1) is 10.2 Å². The first kappa shape index (κ1) is 15.3. The van der Waals surface area contributed by atoms with Gasteiger partial charge in [0.25, 0.3) is 5.91 Å². The third-order valence-corrected chi connectivity index (χ3v) is 4.41. The molecule has 1 aromatic carbocycles. The third kappa shape index (κ3) is 3.27. The lowest BCUT2D eigenvalue weighted by Crippen LogP contribution is -2.30. The summed E-state index contributed by atoms with van der Waals surface area (Å²) in [4.78, 5) is 18.4. The van der Waals surface area contributed by atoms with Crippen LogP contribution in [0.4, 0.5) is 5.13 Å². The second-order valence-electron chi connectivity index (χ2n) is 5.05. The first-order chi connectivity index (χ1) is 11.2. The van der Waals surface area contributed by atoms with Gasteiger partial charge in [0.05, 0.1) is 0 Å². The first-order valence-electron chi connectivity index (χ1n) is 7.31. The molecule has 0 spiro atoms. The van der Waals surface area contributed by atoms with E-state index < -0.39 is 0 Å². The van der Waals surface area contributed by atoms with Gasteiger partial charge in [0.15, 0.2) is 5.01 Å². The lowest BCUT2D eigenvalue weighted by atomic mass is 10.1. The fraction of sp³-hybridized carbons (Fsp3) is 0.176. The smallest absolute Gasteiger partial charge is 0.260 e. The van der Waals surface area contributed by atoms with E-state index in [1.165, 1.54) is 11.3 Å². The third-order valence-electron chi connectivity index (χ3n) is 3.41. The zero-order valence-electron chi connectivity index (χ0n) is 12.9. The van der Waals surface area contributed by atoms with Gasteiger partial charge in [-0.25, -0.2) is 0 Å². The Labute approximate surface area is 138 Å². The van der Waals surface area contributed by atoms with E-state index in [-0.39, 0.29) is 5.91 Å². The summed E-state index contributed by atoms with van der Waals surface area (Å²) in [6.45, 7) is 4.46. The van der Waals surface area contributed by atoms with Crippen LogP contribution in [-0.2, 0) is 0 Å². The van der Waals surface area contributed by atoms with Crippen molar-refractivity contribution < 1.29 is 4.79 Å². The summed E-state index contributed by atoms with van der Waals surface area (Å²) >= 11 is 1.39. The number of hydrogen-bond donors (Lipinski definition) is 0. The predicted octanol–water partition coefficient (Wildman–Crippen LogP) is 3.58. The SMILES string of the molecule is CCN(C(=O)c1ccc(C)cc1)c1nnc(-c2cccnc2)s1. The monoisotopic (exact) mass is 324 g/mol. The van der Waals surface area contributed by atoms with Crippen molar-refractivity contribution in [2.24, 2.45) is 0 Å². The fourth-order valence-corrected chi connectivity index (χ4v) is 3.05. The minimum atomic E-state index is -0.0682. The van der Waals surface area contributed by atoms with Crippen LogP contribution < -0.4 is 4.90 Å². The highest BCUT2D eigenvalue weighted by Crippen LogP contribution is 2.28. The Morgan fingerprint density at radius 3 is 2.61 bits per heavy atom. The average molecular weight is 324 g/mol. The maximum Gasteiger partial charge on any atom is 0.260 e. The number of aryl methyl sites for hydroxylation is 1. The zero-order chi connectivity index (χ0) is 16.2. The molecule has 0 N–H and O–H groups in total. The van der Waals surface area contributed by atoms with E-state index in [4.69, 9.17) is 0 Å². The van der Waals surface area contributed by atoms with Crippen molar-refractivity contribution in [2.75, 3.05) is 11.4 Å². The maximum atomic E-state index is 12.7. The van der Waals surface area contributed by atoms with Crippen LogP contribution >= 0.6 is 11.3 Å². The average Bonchev–Trinajstić information content (AvgIpc) is 3.06. The van der Waals surface area contributed by atoms with E-state index >= 15 is 0 Å². The zero-order valence-corrected chi connectivity index (χ0v) is 13.7. The second-order valence-corrected chi connectivity index (χ2v) is 6.00. The fourth-order valence-electron chi connectivity index (χ4n) is 2.15. The first-order valence-corrected chi connectivity index (χ1v) is 8.13. The van der Waals surface area contributed by atoms with Crippen LogP contribution in [0.25, 0.3) is 10.6 Å². The molecule has 0 radical (unpaired) electrons. The maximum absolute atomic E-state index is 12.7. The van der Waals surface area contributed by atoms with Crippen LogP contribution in [0.15, 0.2) is 48.8 Å². The molecule has 116 valence electrons. The lowest BCUT2D eigenvalue weighted by molar-refractivity contribution is 0.0988. The Bertz CT molecular complexity index is 799. The standard InChI is InChI=1S/C17H16N4OS/c1-3-21(16(22)13-8-6-12(2)7-9-13)17-20-19-15(23-17)14-5-4-10-18-11-14/h4-11H,3H2,1-2H3. The molecule has 0 saturated heterocycles. The topological polar surface area (TPSA) is 59.0 Å². The van der Waals surface area contributed by atoms with Crippen LogP contribution in [0.1, 0.15) is 22.8 Å². The minimum Gasteiger partial charge on any atom is -0.283 e. The van der Waals surface area contributed by atoms with Gasteiger partial charge in [0.1, 0.15) is 0 Å². The van der Waals surface area contributed by atoms with Gasteiger partial charge in [-0.1, -0.05) is 29.0 Å². The Kier molecular flexibility index (Phi) is 4.43. The molecule has 0 fully saturated rings. The van der Waals surface area contributed by atoms with Crippen molar-refractivity contribution in [1.82, 2.24) is 15.2 Å². The van der Waals surface area contributed by atoms with Crippen LogP contribution in [0, 0.1) is 6.92 Å². The second kappa shape index (κ2) is 6.66.